The summed E-state index contributed by atoms with van der Waals surface area (Å²) in [5.41, 5.74) is 7.87. The van der Waals surface area contributed by atoms with E-state index in [2.05, 4.69) is 9.80 Å². The Hall–Kier alpha value is -0.970. The fourth-order valence-electron chi connectivity index (χ4n) is 3.67. The number of halogens is 1. The van der Waals surface area contributed by atoms with Gasteiger partial charge in [0.1, 0.15) is 5.82 Å². The van der Waals surface area contributed by atoms with Crippen molar-refractivity contribution in [2.45, 2.75) is 31.8 Å². The van der Waals surface area contributed by atoms with Gasteiger partial charge in [-0.2, -0.15) is 0 Å². The Kier molecular flexibility index (Phi) is 4.06. The third-order valence-electron chi connectivity index (χ3n) is 4.85. The van der Waals surface area contributed by atoms with Crippen LogP contribution in [-0.4, -0.2) is 48.6 Å². The zero-order valence-corrected chi connectivity index (χ0v) is 12.2. The lowest BCUT2D eigenvalue weighted by Crippen LogP contribution is -2.52. The average molecular weight is 277 g/mol. The molecule has 3 nitrogen and oxygen atoms in total. The molecular formula is C16H24FN3. The van der Waals surface area contributed by atoms with Crippen LogP contribution in [0, 0.1) is 12.7 Å². The van der Waals surface area contributed by atoms with Crippen molar-refractivity contribution in [3.8, 4) is 0 Å². The minimum Gasteiger partial charge on any atom is -0.329 e. The summed E-state index contributed by atoms with van der Waals surface area (Å²) in [5, 5.41) is 0. The second kappa shape index (κ2) is 5.80. The standard InChI is InChI=1S/C16H24FN3/c1-12-9-13(4-5-15(12)17)16(10-18)20-8-7-19-6-2-3-14(19)11-20/h4-5,9,14,16H,2-3,6-8,10-11,18H2,1H3. The maximum atomic E-state index is 13.4. The van der Waals surface area contributed by atoms with Crippen molar-refractivity contribution in [3.63, 3.8) is 0 Å². The van der Waals surface area contributed by atoms with Gasteiger partial charge in [-0.1, -0.05) is 12.1 Å². The zero-order valence-electron chi connectivity index (χ0n) is 12.2. The molecule has 20 heavy (non-hydrogen) atoms. The van der Waals surface area contributed by atoms with Crippen LogP contribution in [0.5, 0.6) is 0 Å². The quantitative estimate of drug-likeness (QED) is 0.916. The molecule has 1 aromatic rings. The van der Waals surface area contributed by atoms with Crippen LogP contribution in [0.1, 0.15) is 30.0 Å². The SMILES string of the molecule is Cc1cc(C(CN)N2CCN3CCCC3C2)ccc1F. The summed E-state index contributed by atoms with van der Waals surface area (Å²) in [5.74, 6) is -0.134. The Balaban J connectivity index is 1.77. The van der Waals surface area contributed by atoms with E-state index in [9.17, 15) is 4.39 Å². The van der Waals surface area contributed by atoms with Crippen molar-refractivity contribution in [2.24, 2.45) is 5.73 Å². The highest BCUT2D eigenvalue weighted by atomic mass is 19.1. The van der Waals surface area contributed by atoms with E-state index in [1.54, 1.807) is 6.07 Å². The Morgan fingerprint density at radius 3 is 2.95 bits per heavy atom. The summed E-state index contributed by atoms with van der Waals surface area (Å²) >= 11 is 0. The minimum atomic E-state index is -0.134. The molecule has 0 spiro atoms. The van der Waals surface area contributed by atoms with E-state index in [-0.39, 0.29) is 11.9 Å². The van der Waals surface area contributed by atoms with Crippen molar-refractivity contribution < 1.29 is 4.39 Å². The van der Waals surface area contributed by atoms with E-state index in [1.165, 1.54) is 19.4 Å². The summed E-state index contributed by atoms with van der Waals surface area (Å²) in [6.45, 7) is 6.97. The molecule has 4 heteroatoms. The highest BCUT2D eigenvalue weighted by Crippen LogP contribution is 2.28. The van der Waals surface area contributed by atoms with Gasteiger partial charge >= 0.3 is 0 Å². The Morgan fingerprint density at radius 1 is 1.35 bits per heavy atom. The van der Waals surface area contributed by atoms with Crippen molar-refractivity contribution in [3.05, 3.63) is 35.1 Å². The number of rotatable bonds is 3. The van der Waals surface area contributed by atoms with E-state index >= 15 is 0 Å². The third kappa shape index (κ3) is 2.60. The molecule has 0 amide bonds. The third-order valence-corrected chi connectivity index (χ3v) is 4.85. The smallest absolute Gasteiger partial charge is 0.126 e. The lowest BCUT2D eigenvalue weighted by atomic mass is 10.0. The average Bonchev–Trinajstić information content (AvgIpc) is 2.91. The van der Waals surface area contributed by atoms with Crippen LogP contribution < -0.4 is 5.73 Å². The van der Waals surface area contributed by atoms with Gasteiger partial charge in [0.15, 0.2) is 0 Å². The van der Waals surface area contributed by atoms with Crippen LogP contribution in [0.3, 0.4) is 0 Å². The van der Waals surface area contributed by atoms with Crippen molar-refractivity contribution in [1.82, 2.24) is 9.80 Å². The number of aryl methyl sites for hydroxylation is 1. The highest BCUT2D eigenvalue weighted by Gasteiger charge is 2.33. The number of nitrogens with two attached hydrogens (primary N) is 1. The predicted molar refractivity (Wildman–Crippen MR) is 79.1 cm³/mol. The van der Waals surface area contributed by atoms with Gasteiger partial charge in [0.05, 0.1) is 0 Å². The Morgan fingerprint density at radius 2 is 2.20 bits per heavy atom. The molecule has 0 bridgehead atoms. The summed E-state index contributed by atoms with van der Waals surface area (Å²) in [7, 11) is 0. The fraction of sp³-hybridized carbons (Fsp3) is 0.625. The molecule has 2 fully saturated rings. The monoisotopic (exact) mass is 277 g/mol. The molecule has 0 saturated carbocycles. The number of fused-ring (bicyclic) bond motifs is 1. The summed E-state index contributed by atoms with van der Waals surface area (Å²) < 4.78 is 13.4. The van der Waals surface area contributed by atoms with Crippen molar-refractivity contribution in [1.29, 1.82) is 0 Å². The molecule has 2 aliphatic rings. The van der Waals surface area contributed by atoms with E-state index in [4.69, 9.17) is 5.73 Å². The number of hydrogen-bond donors (Lipinski definition) is 1. The van der Waals surface area contributed by atoms with E-state index < -0.39 is 0 Å². The lowest BCUT2D eigenvalue weighted by Gasteiger charge is -2.41. The molecule has 0 radical (unpaired) electrons. The topological polar surface area (TPSA) is 32.5 Å². The number of hydrogen-bond acceptors (Lipinski definition) is 3. The number of benzene rings is 1. The molecule has 2 N–H and O–H groups in total. The maximum absolute atomic E-state index is 13.4. The molecular weight excluding hydrogens is 253 g/mol. The van der Waals surface area contributed by atoms with Gasteiger partial charge in [0.2, 0.25) is 0 Å². The molecule has 2 unspecified atom stereocenters. The predicted octanol–water partition coefficient (Wildman–Crippen LogP) is 1.91. The van der Waals surface area contributed by atoms with E-state index in [0.717, 1.165) is 25.2 Å². The van der Waals surface area contributed by atoms with Crippen molar-refractivity contribution in [2.75, 3.05) is 32.7 Å². The van der Waals surface area contributed by atoms with Crippen LogP contribution in [0.15, 0.2) is 18.2 Å². The van der Waals surface area contributed by atoms with Gasteiger partial charge in [-0.15, -0.1) is 0 Å². The first kappa shape index (κ1) is 14.0. The second-order valence-electron chi connectivity index (χ2n) is 6.09. The summed E-state index contributed by atoms with van der Waals surface area (Å²) in [6, 6.07) is 6.32. The van der Waals surface area contributed by atoms with Crippen LogP contribution in [-0.2, 0) is 0 Å². The number of piperazine rings is 1. The first-order chi connectivity index (χ1) is 9.69. The first-order valence-electron chi connectivity index (χ1n) is 7.63. The van der Waals surface area contributed by atoms with Gasteiger partial charge in [0.25, 0.3) is 0 Å². The molecule has 110 valence electrons. The molecule has 2 heterocycles. The van der Waals surface area contributed by atoms with Crippen LogP contribution >= 0.6 is 0 Å². The van der Waals surface area contributed by atoms with Gasteiger partial charge in [-0.3, -0.25) is 9.80 Å². The molecule has 2 aliphatic heterocycles. The van der Waals surface area contributed by atoms with Gasteiger partial charge < -0.3 is 5.73 Å². The minimum absolute atomic E-state index is 0.134. The van der Waals surface area contributed by atoms with E-state index in [0.29, 0.717) is 18.2 Å². The van der Waals surface area contributed by atoms with Crippen LogP contribution in [0.4, 0.5) is 4.39 Å². The van der Waals surface area contributed by atoms with E-state index in [1.807, 2.05) is 19.1 Å². The van der Waals surface area contributed by atoms with Gasteiger partial charge in [-0.25, -0.2) is 4.39 Å². The molecule has 2 saturated heterocycles. The fourth-order valence-corrected chi connectivity index (χ4v) is 3.67. The normalized spacial score (nSPS) is 25.6. The first-order valence-corrected chi connectivity index (χ1v) is 7.63. The lowest BCUT2D eigenvalue weighted by molar-refractivity contribution is 0.0737. The Labute approximate surface area is 120 Å². The molecule has 0 aliphatic carbocycles. The highest BCUT2D eigenvalue weighted by molar-refractivity contribution is 5.27. The van der Waals surface area contributed by atoms with Gasteiger partial charge in [0, 0.05) is 38.3 Å². The largest absolute Gasteiger partial charge is 0.329 e. The molecule has 2 atom stereocenters. The van der Waals surface area contributed by atoms with Crippen LogP contribution in [0.2, 0.25) is 0 Å². The van der Waals surface area contributed by atoms with Gasteiger partial charge in [-0.05, 0) is 43.5 Å². The maximum Gasteiger partial charge on any atom is 0.126 e. The zero-order chi connectivity index (χ0) is 14.1. The number of nitrogens with zero attached hydrogens (tertiary/aromatic N) is 2. The summed E-state index contributed by atoms with van der Waals surface area (Å²) in [6.07, 6.45) is 2.62. The Bertz CT molecular complexity index is 477. The second-order valence-corrected chi connectivity index (χ2v) is 6.09. The summed E-state index contributed by atoms with van der Waals surface area (Å²) in [4.78, 5) is 5.08. The van der Waals surface area contributed by atoms with Crippen molar-refractivity contribution >= 4 is 0 Å². The molecule has 0 aromatic heterocycles. The van der Waals surface area contributed by atoms with Crippen LogP contribution in [0.25, 0.3) is 0 Å². The molecule has 1 aromatic carbocycles. The molecule has 3 rings (SSSR count).